The summed E-state index contributed by atoms with van der Waals surface area (Å²) >= 11 is 0. The highest BCUT2D eigenvalue weighted by Crippen LogP contribution is 2.42. The Hall–Kier alpha value is -2.56. The van der Waals surface area contributed by atoms with E-state index in [9.17, 15) is 26.4 Å². The number of nitrogens with zero attached hydrogens (tertiary/aromatic N) is 2. The summed E-state index contributed by atoms with van der Waals surface area (Å²) in [4.78, 5) is 17.6. The Balaban J connectivity index is 1.79. The van der Waals surface area contributed by atoms with E-state index >= 15 is 0 Å². The number of methoxy groups -OCH3 is 1. The lowest BCUT2D eigenvalue weighted by Gasteiger charge is -2.28. The number of halogens is 3. The summed E-state index contributed by atoms with van der Waals surface area (Å²) in [5.41, 5.74) is 0.0724. The molecule has 1 aromatic heterocycles. The van der Waals surface area contributed by atoms with Crippen molar-refractivity contribution in [3.05, 3.63) is 41.0 Å². The Morgan fingerprint density at radius 3 is 2.34 bits per heavy atom. The minimum atomic E-state index is -4.36. The Kier molecular flexibility index (Phi) is 8.90. The molecule has 1 heterocycles. The largest absolute Gasteiger partial charge is 0.496 e. The molecule has 0 atom stereocenters. The zero-order valence-electron chi connectivity index (χ0n) is 22.9. The van der Waals surface area contributed by atoms with Crippen molar-refractivity contribution in [3.63, 3.8) is 0 Å². The molecule has 0 radical (unpaired) electrons. The first-order valence-electron chi connectivity index (χ1n) is 12.9. The van der Waals surface area contributed by atoms with Crippen LogP contribution in [0.4, 0.5) is 13.2 Å². The van der Waals surface area contributed by atoms with Crippen LogP contribution in [0.2, 0.25) is 0 Å². The first-order chi connectivity index (χ1) is 17.6. The molecular weight excluding hydrogens is 519 g/mol. The fourth-order valence-corrected chi connectivity index (χ4v) is 6.16. The van der Waals surface area contributed by atoms with Crippen molar-refractivity contribution in [3.8, 4) is 11.4 Å². The third-order valence-corrected chi connectivity index (χ3v) is 9.27. The highest BCUT2D eigenvalue weighted by Gasteiger charge is 2.47. The maximum absolute atomic E-state index is 13.5. The van der Waals surface area contributed by atoms with Crippen molar-refractivity contribution in [2.75, 3.05) is 19.9 Å². The molecule has 1 N–H and O–H groups in total. The van der Waals surface area contributed by atoms with Gasteiger partial charge in [-0.15, -0.1) is 0 Å². The van der Waals surface area contributed by atoms with Gasteiger partial charge in [-0.3, -0.25) is 4.79 Å². The highest BCUT2D eigenvalue weighted by molar-refractivity contribution is 7.91. The Bertz CT molecular complexity index is 1260. The number of aryl methyl sites for hydroxylation is 1. The third kappa shape index (κ3) is 6.52. The molecule has 212 valence electrons. The summed E-state index contributed by atoms with van der Waals surface area (Å²) in [5, 5.41) is 2.65. The number of benzene rings is 1. The molecule has 7 nitrogen and oxygen atoms in total. The van der Waals surface area contributed by atoms with Gasteiger partial charge in [-0.1, -0.05) is 26.8 Å². The van der Waals surface area contributed by atoms with E-state index in [1.165, 1.54) is 13.4 Å². The minimum absolute atomic E-state index is 0.211. The number of aromatic nitrogens is 2. The van der Waals surface area contributed by atoms with E-state index in [1.54, 1.807) is 25.1 Å². The van der Waals surface area contributed by atoms with Gasteiger partial charge in [0.2, 0.25) is 0 Å². The van der Waals surface area contributed by atoms with E-state index in [4.69, 9.17) is 4.74 Å². The van der Waals surface area contributed by atoms with Gasteiger partial charge in [-0.25, -0.2) is 13.4 Å². The van der Waals surface area contributed by atoms with E-state index in [1.807, 2.05) is 11.5 Å². The SMILES string of the molecule is CCc1nc(C(=O)NC[C@H]2CC[C@H](S(C)(=O)=O)CC2)c(C)n1-c1ccc(CC(C)(C)C(F)(F)F)c(OC)c1. The first kappa shape index (κ1) is 30.0. The van der Waals surface area contributed by atoms with Gasteiger partial charge in [-0.05, 0) is 56.6 Å². The molecule has 11 heteroatoms. The molecule has 0 aliphatic heterocycles. The molecule has 2 aromatic rings. The topological polar surface area (TPSA) is 90.3 Å². The van der Waals surface area contributed by atoms with E-state index < -0.39 is 21.4 Å². The minimum Gasteiger partial charge on any atom is -0.496 e. The molecule has 1 amide bonds. The van der Waals surface area contributed by atoms with Gasteiger partial charge < -0.3 is 14.6 Å². The van der Waals surface area contributed by atoms with E-state index in [-0.39, 0.29) is 29.2 Å². The van der Waals surface area contributed by atoms with Crippen molar-refractivity contribution in [2.45, 2.75) is 77.6 Å². The van der Waals surface area contributed by atoms with Crippen LogP contribution < -0.4 is 10.1 Å². The van der Waals surface area contributed by atoms with Gasteiger partial charge in [0.15, 0.2) is 0 Å². The van der Waals surface area contributed by atoms with Crippen LogP contribution in [0.5, 0.6) is 5.75 Å². The summed E-state index contributed by atoms with van der Waals surface area (Å²) in [7, 11) is -1.62. The van der Waals surface area contributed by atoms with Crippen LogP contribution in [0, 0.1) is 18.3 Å². The second kappa shape index (κ2) is 11.3. The molecule has 0 saturated heterocycles. The fraction of sp³-hybridized carbons (Fsp3) is 0.630. The lowest BCUT2D eigenvalue weighted by molar-refractivity contribution is -0.211. The van der Waals surface area contributed by atoms with Crippen molar-refractivity contribution < 1.29 is 31.1 Å². The number of amides is 1. The average Bonchev–Trinajstić information content (AvgIpc) is 3.18. The number of ether oxygens (including phenoxy) is 1. The monoisotopic (exact) mass is 557 g/mol. The standard InChI is InChI=1S/C27H38F3N3O4S/c1-7-23-32-24(25(34)31-16-18-8-12-21(13-9-18)38(6,35)36)17(2)33(23)20-11-10-19(22(14-20)37-5)15-26(3,4)27(28,29)30/h10-11,14,18,21H,7-9,12-13,15-16H2,1-6H3,(H,31,34)/t18-,21-. The lowest BCUT2D eigenvalue weighted by Crippen LogP contribution is -2.34. The number of nitrogens with one attached hydrogen (secondary N) is 1. The van der Waals surface area contributed by atoms with Gasteiger partial charge in [0.25, 0.3) is 5.91 Å². The van der Waals surface area contributed by atoms with Crippen LogP contribution in [0.1, 0.15) is 74.0 Å². The van der Waals surface area contributed by atoms with Gasteiger partial charge in [-0.2, -0.15) is 13.2 Å². The number of hydrogen-bond donors (Lipinski definition) is 1. The van der Waals surface area contributed by atoms with E-state index in [0.717, 1.165) is 26.7 Å². The van der Waals surface area contributed by atoms with Gasteiger partial charge >= 0.3 is 6.18 Å². The molecule has 1 aromatic carbocycles. The molecule has 1 saturated carbocycles. The molecular formula is C27H38F3N3O4S. The number of imidazole rings is 1. The number of carbonyl (C=O) groups is 1. The number of carbonyl (C=O) groups excluding carboxylic acids is 1. The zero-order valence-corrected chi connectivity index (χ0v) is 23.7. The zero-order chi connectivity index (χ0) is 28.5. The first-order valence-corrected chi connectivity index (χ1v) is 14.8. The summed E-state index contributed by atoms with van der Waals surface area (Å²) in [6.07, 6.45) is -0.0984. The second-order valence-corrected chi connectivity index (χ2v) is 13.2. The number of hydrogen-bond acceptors (Lipinski definition) is 5. The van der Waals surface area contributed by atoms with Gasteiger partial charge in [0.1, 0.15) is 27.1 Å². The lowest BCUT2D eigenvalue weighted by atomic mass is 9.84. The maximum Gasteiger partial charge on any atom is 0.394 e. The normalized spacial score (nSPS) is 18.9. The molecule has 1 aliphatic rings. The van der Waals surface area contributed by atoms with Gasteiger partial charge in [0, 0.05) is 25.3 Å². The van der Waals surface area contributed by atoms with Crippen LogP contribution in [-0.4, -0.2) is 55.2 Å². The summed E-state index contributed by atoms with van der Waals surface area (Å²) in [6.45, 7) is 6.47. The van der Waals surface area contributed by atoms with Gasteiger partial charge in [0.05, 0.1) is 29.2 Å². The van der Waals surface area contributed by atoms with E-state index in [0.29, 0.717) is 54.3 Å². The molecule has 0 unspecified atom stereocenters. The van der Waals surface area contributed by atoms with E-state index in [2.05, 4.69) is 10.3 Å². The molecule has 3 rings (SSSR count). The predicted molar refractivity (Wildman–Crippen MR) is 141 cm³/mol. The summed E-state index contributed by atoms with van der Waals surface area (Å²) in [5.74, 6) is 0.886. The molecule has 1 aliphatic carbocycles. The average molecular weight is 558 g/mol. The van der Waals surface area contributed by atoms with Crippen LogP contribution >= 0.6 is 0 Å². The molecule has 0 bridgehead atoms. The van der Waals surface area contributed by atoms with Crippen molar-refractivity contribution >= 4 is 15.7 Å². The molecule has 38 heavy (non-hydrogen) atoms. The molecule has 1 fully saturated rings. The summed E-state index contributed by atoms with van der Waals surface area (Å²) < 4.78 is 71.2. The maximum atomic E-state index is 13.5. The number of alkyl halides is 3. The smallest absolute Gasteiger partial charge is 0.394 e. The number of sulfone groups is 1. The van der Waals surface area contributed by atoms with Crippen molar-refractivity contribution in [1.29, 1.82) is 0 Å². The Morgan fingerprint density at radius 1 is 1.18 bits per heavy atom. The summed E-state index contributed by atoms with van der Waals surface area (Å²) in [6, 6.07) is 5.03. The van der Waals surface area contributed by atoms with Crippen molar-refractivity contribution in [1.82, 2.24) is 14.9 Å². The van der Waals surface area contributed by atoms with Crippen molar-refractivity contribution in [2.24, 2.45) is 11.3 Å². The third-order valence-electron chi connectivity index (χ3n) is 7.59. The van der Waals surface area contributed by atoms with Crippen LogP contribution in [0.15, 0.2) is 18.2 Å². The van der Waals surface area contributed by atoms with Crippen LogP contribution in [0.3, 0.4) is 0 Å². The predicted octanol–water partition coefficient (Wildman–Crippen LogP) is 5.22. The van der Waals surface area contributed by atoms with Crippen LogP contribution in [0.25, 0.3) is 5.69 Å². The quantitative estimate of drug-likeness (QED) is 0.457. The molecule has 0 spiro atoms. The van der Waals surface area contributed by atoms with Crippen LogP contribution in [-0.2, 0) is 22.7 Å². The highest BCUT2D eigenvalue weighted by atomic mass is 32.2. The second-order valence-electron chi connectivity index (χ2n) is 10.9. The number of rotatable bonds is 9. The Labute approximate surface area is 223 Å². The Morgan fingerprint density at radius 2 is 1.82 bits per heavy atom. The fourth-order valence-electron chi connectivity index (χ4n) is 5.03.